The largest absolute Gasteiger partial charge is 0.399 e. The van der Waals surface area contributed by atoms with Crippen molar-refractivity contribution in [3.05, 3.63) is 59.2 Å². The number of pyridine rings is 1. The highest BCUT2D eigenvalue weighted by atomic mass is 19.1. The number of rotatable bonds is 3. The van der Waals surface area contributed by atoms with Crippen LogP contribution in [0.25, 0.3) is 0 Å². The van der Waals surface area contributed by atoms with Gasteiger partial charge in [0.15, 0.2) is 0 Å². The van der Waals surface area contributed by atoms with Crippen molar-refractivity contribution in [1.82, 2.24) is 10.3 Å². The van der Waals surface area contributed by atoms with E-state index in [0.29, 0.717) is 12.2 Å². The average Bonchev–Trinajstić information content (AvgIpc) is 2.37. The Kier molecular flexibility index (Phi) is 3.75. The van der Waals surface area contributed by atoms with Crippen molar-refractivity contribution in [3.8, 4) is 0 Å². The Morgan fingerprint density at radius 2 is 2.21 bits per heavy atom. The van der Waals surface area contributed by atoms with Crippen molar-refractivity contribution in [2.24, 2.45) is 0 Å². The molecule has 0 aliphatic carbocycles. The maximum atomic E-state index is 13.6. The van der Waals surface area contributed by atoms with Crippen LogP contribution in [0.5, 0.6) is 0 Å². The zero-order valence-corrected chi connectivity index (χ0v) is 10.5. The van der Waals surface area contributed by atoms with Gasteiger partial charge in [0.05, 0.1) is 5.56 Å². The lowest BCUT2D eigenvalue weighted by molar-refractivity contribution is 0.0947. The summed E-state index contributed by atoms with van der Waals surface area (Å²) in [6.07, 6.45) is 3.36. The van der Waals surface area contributed by atoms with E-state index in [2.05, 4.69) is 10.3 Å². The van der Waals surface area contributed by atoms with Crippen molar-refractivity contribution < 1.29 is 9.18 Å². The van der Waals surface area contributed by atoms with Gasteiger partial charge in [-0.15, -0.1) is 0 Å². The van der Waals surface area contributed by atoms with Crippen LogP contribution < -0.4 is 11.1 Å². The molecule has 0 aliphatic rings. The summed E-state index contributed by atoms with van der Waals surface area (Å²) in [5.41, 5.74) is 7.63. The van der Waals surface area contributed by atoms with E-state index >= 15 is 0 Å². The van der Waals surface area contributed by atoms with E-state index in [1.165, 1.54) is 12.1 Å². The van der Waals surface area contributed by atoms with Gasteiger partial charge in [0.1, 0.15) is 5.82 Å². The molecule has 0 aliphatic heterocycles. The minimum absolute atomic E-state index is 0.0130. The topological polar surface area (TPSA) is 68.0 Å². The van der Waals surface area contributed by atoms with Gasteiger partial charge in [-0.25, -0.2) is 4.39 Å². The van der Waals surface area contributed by atoms with Crippen LogP contribution in [-0.2, 0) is 6.54 Å². The second kappa shape index (κ2) is 5.48. The highest BCUT2D eigenvalue weighted by molar-refractivity contribution is 5.94. The number of nitrogens with two attached hydrogens (primary N) is 1. The van der Waals surface area contributed by atoms with Crippen molar-refractivity contribution in [2.75, 3.05) is 5.73 Å². The monoisotopic (exact) mass is 259 g/mol. The Morgan fingerprint density at radius 3 is 2.89 bits per heavy atom. The first-order chi connectivity index (χ1) is 9.08. The molecular formula is C14H14FN3O. The molecule has 0 saturated heterocycles. The van der Waals surface area contributed by atoms with Gasteiger partial charge in [-0.2, -0.15) is 0 Å². The summed E-state index contributed by atoms with van der Waals surface area (Å²) in [6, 6.07) is 5.82. The van der Waals surface area contributed by atoms with Crippen LogP contribution in [-0.4, -0.2) is 10.9 Å². The number of nitrogens with one attached hydrogen (secondary N) is 1. The van der Waals surface area contributed by atoms with Gasteiger partial charge in [-0.3, -0.25) is 9.78 Å². The fourth-order valence-electron chi connectivity index (χ4n) is 1.69. The molecule has 0 fully saturated rings. The van der Waals surface area contributed by atoms with E-state index in [4.69, 9.17) is 5.73 Å². The number of aromatic nitrogens is 1. The van der Waals surface area contributed by atoms with Gasteiger partial charge in [0, 0.05) is 24.6 Å². The molecule has 3 N–H and O–H groups in total. The number of carbonyl (C=O) groups is 1. The first kappa shape index (κ1) is 13.0. The SMILES string of the molecule is Cc1cnccc1CNC(=O)c1ccc(N)cc1F. The number of anilines is 1. The van der Waals surface area contributed by atoms with Crippen LogP contribution in [0.1, 0.15) is 21.5 Å². The standard InChI is InChI=1S/C14H14FN3O/c1-9-7-17-5-4-10(9)8-18-14(19)12-3-2-11(16)6-13(12)15/h2-7H,8,16H2,1H3,(H,18,19). The third kappa shape index (κ3) is 3.07. The van der Waals surface area contributed by atoms with Crippen LogP contribution in [0.15, 0.2) is 36.7 Å². The molecule has 0 radical (unpaired) electrons. The van der Waals surface area contributed by atoms with Crippen LogP contribution in [0.3, 0.4) is 0 Å². The molecule has 19 heavy (non-hydrogen) atoms. The molecule has 0 saturated carbocycles. The predicted octanol–water partition coefficient (Wildman–Crippen LogP) is 2.04. The maximum absolute atomic E-state index is 13.6. The van der Waals surface area contributed by atoms with Crippen LogP contribution in [0.2, 0.25) is 0 Å². The Hall–Kier alpha value is -2.43. The molecule has 0 bridgehead atoms. The van der Waals surface area contributed by atoms with Crippen LogP contribution in [0.4, 0.5) is 10.1 Å². The molecule has 1 heterocycles. The Morgan fingerprint density at radius 1 is 1.42 bits per heavy atom. The summed E-state index contributed by atoms with van der Waals surface area (Å²) in [6.45, 7) is 2.23. The Bertz CT molecular complexity index is 613. The summed E-state index contributed by atoms with van der Waals surface area (Å²) in [4.78, 5) is 15.8. The molecule has 4 nitrogen and oxygen atoms in total. The van der Waals surface area contributed by atoms with Gasteiger partial charge in [-0.1, -0.05) is 0 Å². The molecule has 1 amide bonds. The molecule has 2 rings (SSSR count). The molecule has 2 aromatic rings. The zero-order valence-electron chi connectivity index (χ0n) is 10.5. The summed E-state index contributed by atoms with van der Waals surface area (Å²) in [7, 11) is 0. The van der Waals surface area contributed by atoms with Crippen molar-refractivity contribution >= 4 is 11.6 Å². The second-order valence-corrected chi connectivity index (χ2v) is 4.22. The number of nitrogens with zero attached hydrogens (tertiary/aromatic N) is 1. The molecule has 5 heteroatoms. The number of nitrogen functional groups attached to an aromatic ring is 1. The number of aryl methyl sites for hydroxylation is 1. The number of carbonyl (C=O) groups excluding carboxylic acids is 1. The second-order valence-electron chi connectivity index (χ2n) is 4.22. The fourth-order valence-corrected chi connectivity index (χ4v) is 1.69. The zero-order chi connectivity index (χ0) is 13.8. The molecular weight excluding hydrogens is 245 g/mol. The smallest absolute Gasteiger partial charge is 0.254 e. The van der Waals surface area contributed by atoms with E-state index in [-0.39, 0.29) is 5.56 Å². The number of amides is 1. The minimum Gasteiger partial charge on any atom is -0.399 e. The molecule has 0 unspecified atom stereocenters. The van der Waals surface area contributed by atoms with E-state index in [9.17, 15) is 9.18 Å². The van der Waals surface area contributed by atoms with Gasteiger partial charge in [-0.05, 0) is 42.3 Å². The third-order valence-corrected chi connectivity index (χ3v) is 2.81. The Balaban J connectivity index is 2.08. The number of hydrogen-bond donors (Lipinski definition) is 2. The summed E-state index contributed by atoms with van der Waals surface area (Å²) < 4.78 is 13.6. The predicted molar refractivity (Wildman–Crippen MR) is 71.0 cm³/mol. The first-order valence-corrected chi connectivity index (χ1v) is 5.80. The summed E-state index contributed by atoms with van der Waals surface area (Å²) >= 11 is 0. The maximum Gasteiger partial charge on any atom is 0.254 e. The van der Waals surface area contributed by atoms with Crippen molar-refractivity contribution in [1.29, 1.82) is 0 Å². The number of benzene rings is 1. The van der Waals surface area contributed by atoms with Crippen molar-refractivity contribution in [3.63, 3.8) is 0 Å². The van der Waals surface area contributed by atoms with Gasteiger partial charge in [0.25, 0.3) is 5.91 Å². The molecule has 1 aromatic heterocycles. The van der Waals surface area contributed by atoms with Crippen molar-refractivity contribution in [2.45, 2.75) is 13.5 Å². The summed E-state index contributed by atoms with van der Waals surface area (Å²) in [5.74, 6) is -1.09. The minimum atomic E-state index is -0.621. The van der Waals surface area contributed by atoms with Gasteiger partial charge in [0.2, 0.25) is 0 Å². The normalized spacial score (nSPS) is 10.2. The fraction of sp³-hybridized carbons (Fsp3) is 0.143. The third-order valence-electron chi connectivity index (χ3n) is 2.81. The summed E-state index contributed by atoms with van der Waals surface area (Å²) in [5, 5.41) is 2.67. The lowest BCUT2D eigenvalue weighted by Gasteiger charge is -2.08. The number of halogens is 1. The lowest BCUT2D eigenvalue weighted by Crippen LogP contribution is -2.24. The van der Waals surface area contributed by atoms with Gasteiger partial charge < -0.3 is 11.1 Å². The van der Waals surface area contributed by atoms with Gasteiger partial charge >= 0.3 is 0 Å². The molecule has 0 atom stereocenters. The Labute approximate surface area is 110 Å². The number of hydrogen-bond acceptors (Lipinski definition) is 3. The molecule has 98 valence electrons. The quantitative estimate of drug-likeness (QED) is 0.829. The van der Waals surface area contributed by atoms with E-state index in [1.807, 2.05) is 13.0 Å². The average molecular weight is 259 g/mol. The lowest BCUT2D eigenvalue weighted by atomic mass is 10.1. The molecule has 1 aromatic carbocycles. The first-order valence-electron chi connectivity index (χ1n) is 5.80. The highest BCUT2D eigenvalue weighted by Gasteiger charge is 2.11. The van der Waals surface area contributed by atoms with E-state index in [1.54, 1.807) is 12.4 Å². The molecule has 0 spiro atoms. The van der Waals surface area contributed by atoms with E-state index in [0.717, 1.165) is 17.2 Å². The van der Waals surface area contributed by atoms with E-state index < -0.39 is 11.7 Å². The highest BCUT2D eigenvalue weighted by Crippen LogP contribution is 2.12. The van der Waals surface area contributed by atoms with Crippen LogP contribution >= 0.6 is 0 Å². The van der Waals surface area contributed by atoms with Crippen LogP contribution in [0, 0.1) is 12.7 Å².